The Labute approximate surface area is 144 Å². The van der Waals surface area contributed by atoms with E-state index in [9.17, 15) is 4.79 Å². The van der Waals surface area contributed by atoms with Crippen LogP contribution < -0.4 is 5.32 Å². The van der Waals surface area contributed by atoms with Gasteiger partial charge in [0.2, 0.25) is 0 Å². The molecule has 2 aromatic carbocycles. The van der Waals surface area contributed by atoms with E-state index < -0.39 is 0 Å². The molecule has 0 heterocycles. The van der Waals surface area contributed by atoms with Crippen LogP contribution in [0.1, 0.15) is 42.1 Å². The van der Waals surface area contributed by atoms with Crippen molar-refractivity contribution >= 4 is 18.2 Å². The predicted octanol–water partition coefficient (Wildman–Crippen LogP) is 4.43. The second-order valence-electron chi connectivity index (χ2n) is 6.53. The number of nitrogens with one attached hydrogen (secondary N) is 1. The molecule has 3 rings (SSSR count). The van der Waals surface area contributed by atoms with Gasteiger partial charge in [-0.05, 0) is 38.2 Å². The standard InChI is InChI=1S/C20H23NO.ClH/c1-20(13-8-14-20)21-18(15-16-9-4-2-5-10-16)19(22)17-11-6-3-7-12-17;/h2-7,9-12,18,21H,8,13-15H2,1H3;1H. The number of carbonyl (C=O) groups is 1. The second-order valence-corrected chi connectivity index (χ2v) is 6.53. The van der Waals surface area contributed by atoms with Crippen molar-refractivity contribution in [2.24, 2.45) is 0 Å². The zero-order valence-corrected chi connectivity index (χ0v) is 14.3. The molecule has 2 aromatic rings. The molecule has 0 bridgehead atoms. The summed E-state index contributed by atoms with van der Waals surface area (Å²) in [7, 11) is 0. The van der Waals surface area contributed by atoms with E-state index in [1.807, 2.05) is 48.5 Å². The number of halogens is 1. The molecule has 1 aliphatic rings. The van der Waals surface area contributed by atoms with Crippen molar-refractivity contribution < 1.29 is 4.79 Å². The highest BCUT2D eigenvalue weighted by Crippen LogP contribution is 2.32. The van der Waals surface area contributed by atoms with Crippen LogP contribution in [0.5, 0.6) is 0 Å². The molecule has 0 spiro atoms. The van der Waals surface area contributed by atoms with E-state index in [-0.39, 0.29) is 29.8 Å². The maximum Gasteiger partial charge on any atom is 0.180 e. The van der Waals surface area contributed by atoms with Gasteiger partial charge in [0.05, 0.1) is 6.04 Å². The second kappa shape index (κ2) is 7.76. The molecule has 0 amide bonds. The minimum atomic E-state index is -0.157. The third-order valence-electron chi connectivity index (χ3n) is 4.64. The quantitative estimate of drug-likeness (QED) is 0.794. The predicted molar refractivity (Wildman–Crippen MR) is 97.3 cm³/mol. The lowest BCUT2D eigenvalue weighted by atomic mass is 9.77. The van der Waals surface area contributed by atoms with Gasteiger partial charge in [0.1, 0.15) is 0 Å². The van der Waals surface area contributed by atoms with E-state index in [2.05, 4.69) is 24.4 Å². The number of rotatable bonds is 6. The topological polar surface area (TPSA) is 29.1 Å². The summed E-state index contributed by atoms with van der Waals surface area (Å²) in [4.78, 5) is 12.9. The first-order valence-corrected chi connectivity index (χ1v) is 8.07. The lowest BCUT2D eigenvalue weighted by Crippen LogP contribution is -2.55. The van der Waals surface area contributed by atoms with Gasteiger partial charge in [0, 0.05) is 11.1 Å². The summed E-state index contributed by atoms with van der Waals surface area (Å²) in [5.74, 6) is 0.192. The number of ketones is 1. The van der Waals surface area contributed by atoms with Crippen LogP contribution in [0.2, 0.25) is 0 Å². The van der Waals surface area contributed by atoms with E-state index in [4.69, 9.17) is 0 Å². The molecule has 0 saturated heterocycles. The number of benzene rings is 2. The fourth-order valence-electron chi connectivity index (χ4n) is 3.13. The number of hydrogen-bond acceptors (Lipinski definition) is 2. The average molecular weight is 330 g/mol. The van der Waals surface area contributed by atoms with E-state index in [0.717, 1.165) is 24.8 Å². The highest BCUT2D eigenvalue weighted by Gasteiger charge is 2.35. The van der Waals surface area contributed by atoms with Gasteiger partial charge >= 0.3 is 0 Å². The average Bonchev–Trinajstić information content (AvgIpc) is 2.54. The molecule has 1 aliphatic carbocycles. The van der Waals surface area contributed by atoms with Gasteiger partial charge in [0.25, 0.3) is 0 Å². The Morgan fingerprint density at radius 1 is 1.04 bits per heavy atom. The van der Waals surface area contributed by atoms with Crippen LogP contribution >= 0.6 is 12.4 Å². The summed E-state index contributed by atoms with van der Waals surface area (Å²) in [6.45, 7) is 2.23. The van der Waals surface area contributed by atoms with Crippen LogP contribution in [0.25, 0.3) is 0 Å². The molecular formula is C20H24ClNO. The van der Waals surface area contributed by atoms with Crippen LogP contribution in [0, 0.1) is 0 Å². The number of hydrogen-bond donors (Lipinski definition) is 1. The van der Waals surface area contributed by atoms with Crippen molar-refractivity contribution in [1.82, 2.24) is 5.32 Å². The molecule has 0 radical (unpaired) electrons. The molecule has 0 aliphatic heterocycles. The summed E-state index contributed by atoms with van der Waals surface area (Å²) in [5, 5.41) is 3.63. The maximum absolute atomic E-state index is 12.9. The highest BCUT2D eigenvalue weighted by molar-refractivity contribution is 6.00. The minimum absolute atomic E-state index is 0. The molecule has 3 heteroatoms. The van der Waals surface area contributed by atoms with E-state index in [0.29, 0.717) is 0 Å². The van der Waals surface area contributed by atoms with Crippen LogP contribution in [-0.4, -0.2) is 17.4 Å². The smallest absolute Gasteiger partial charge is 0.180 e. The van der Waals surface area contributed by atoms with Crippen molar-refractivity contribution in [2.75, 3.05) is 0 Å². The Morgan fingerprint density at radius 3 is 2.13 bits per heavy atom. The highest BCUT2D eigenvalue weighted by atomic mass is 35.5. The number of carbonyl (C=O) groups excluding carboxylic acids is 1. The van der Waals surface area contributed by atoms with Crippen molar-refractivity contribution in [1.29, 1.82) is 0 Å². The van der Waals surface area contributed by atoms with Gasteiger partial charge in [-0.15, -0.1) is 12.4 Å². The maximum atomic E-state index is 12.9. The third kappa shape index (κ3) is 4.43. The first-order chi connectivity index (χ1) is 10.7. The Morgan fingerprint density at radius 2 is 1.61 bits per heavy atom. The molecule has 122 valence electrons. The molecule has 1 unspecified atom stereocenters. The first kappa shape index (κ1) is 17.7. The fourth-order valence-corrected chi connectivity index (χ4v) is 3.13. The SMILES string of the molecule is CC1(NC(Cc2ccccc2)C(=O)c2ccccc2)CCC1.Cl. The summed E-state index contributed by atoms with van der Waals surface area (Å²) in [5.41, 5.74) is 2.11. The number of Topliss-reactive ketones (excluding diaryl/α,β-unsaturated/α-hetero) is 1. The molecule has 1 N–H and O–H groups in total. The Kier molecular flexibility index (Phi) is 5.97. The zero-order valence-electron chi connectivity index (χ0n) is 13.5. The largest absolute Gasteiger partial charge is 0.302 e. The van der Waals surface area contributed by atoms with E-state index in [1.54, 1.807) is 0 Å². The minimum Gasteiger partial charge on any atom is -0.302 e. The van der Waals surface area contributed by atoms with Gasteiger partial charge in [-0.25, -0.2) is 0 Å². The molecule has 1 saturated carbocycles. The van der Waals surface area contributed by atoms with Crippen molar-refractivity contribution in [3.63, 3.8) is 0 Å². The molecule has 23 heavy (non-hydrogen) atoms. The summed E-state index contributed by atoms with van der Waals surface area (Å²) in [6.07, 6.45) is 4.30. The summed E-state index contributed by atoms with van der Waals surface area (Å²) >= 11 is 0. The Hall–Kier alpha value is -1.64. The summed E-state index contributed by atoms with van der Waals surface area (Å²) < 4.78 is 0. The van der Waals surface area contributed by atoms with Gasteiger partial charge in [0.15, 0.2) is 5.78 Å². The van der Waals surface area contributed by atoms with Gasteiger partial charge in [-0.1, -0.05) is 60.7 Å². The van der Waals surface area contributed by atoms with E-state index in [1.165, 1.54) is 12.0 Å². The van der Waals surface area contributed by atoms with Crippen molar-refractivity contribution in [3.8, 4) is 0 Å². The third-order valence-corrected chi connectivity index (χ3v) is 4.64. The van der Waals surface area contributed by atoms with Crippen LogP contribution in [-0.2, 0) is 6.42 Å². The van der Waals surface area contributed by atoms with Gasteiger partial charge < -0.3 is 5.32 Å². The van der Waals surface area contributed by atoms with E-state index >= 15 is 0 Å². The van der Waals surface area contributed by atoms with Crippen molar-refractivity contribution in [2.45, 2.75) is 44.2 Å². The van der Waals surface area contributed by atoms with Gasteiger partial charge in [-0.3, -0.25) is 4.79 Å². The lowest BCUT2D eigenvalue weighted by molar-refractivity contribution is 0.0885. The Balaban J connectivity index is 0.00000192. The monoisotopic (exact) mass is 329 g/mol. The van der Waals surface area contributed by atoms with Gasteiger partial charge in [-0.2, -0.15) is 0 Å². The molecule has 2 nitrogen and oxygen atoms in total. The lowest BCUT2D eigenvalue weighted by Gasteiger charge is -2.42. The molecule has 1 fully saturated rings. The molecule has 1 atom stereocenters. The van der Waals surface area contributed by atoms with Crippen LogP contribution in [0.3, 0.4) is 0 Å². The summed E-state index contributed by atoms with van der Waals surface area (Å²) in [6, 6.07) is 19.7. The molecule has 0 aromatic heterocycles. The van der Waals surface area contributed by atoms with Crippen molar-refractivity contribution in [3.05, 3.63) is 71.8 Å². The van der Waals surface area contributed by atoms with Crippen LogP contribution in [0.15, 0.2) is 60.7 Å². The normalized spacial score (nSPS) is 16.7. The zero-order chi connectivity index (χ0) is 15.4. The first-order valence-electron chi connectivity index (χ1n) is 8.07. The fraction of sp³-hybridized carbons (Fsp3) is 0.350. The van der Waals surface area contributed by atoms with Crippen LogP contribution in [0.4, 0.5) is 0 Å². The Bertz CT molecular complexity index is 623. The molecular weight excluding hydrogens is 306 g/mol.